The Bertz CT molecular complexity index is 405. The van der Waals surface area contributed by atoms with Crippen LogP contribution in [0.4, 0.5) is 10.1 Å². The van der Waals surface area contributed by atoms with Gasteiger partial charge in [0.25, 0.3) is 0 Å². The molecule has 20 heavy (non-hydrogen) atoms. The van der Waals surface area contributed by atoms with Crippen LogP contribution in [0.15, 0.2) is 18.2 Å². The first-order chi connectivity index (χ1) is 9.45. The maximum atomic E-state index is 14.1. The predicted molar refractivity (Wildman–Crippen MR) is 84.8 cm³/mol. The van der Waals surface area contributed by atoms with E-state index < -0.39 is 0 Å². The monoisotopic (exact) mass is 281 g/mol. The molecule has 0 aliphatic heterocycles. The highest BCUT2D eigenvalue weighted by atomic mass is 19.1. The van der Waals surface area contributed by atoms with Crippen LogP contribution in [0, 0.1) is 5.82 Å². The molecule has 4 heteroatoms. The van der Waals surface area contributed by atoms with Gasteiger partial charge in [0.15, 0.2) is 0 Å². The molecule has 0 saturated heterocycles. The van der Waals surface area contributed by atoms with Crippen molar-refractivity contribution in [2.24, 2.45) is 5.73 Å². The molecule has 0 spiro atoms. The van der Waals surface area contributed by atoms with Gasteiger partial charge in [0, 0.05) is 30.4 Å². The van der Waals surface area contributed by atoms with Crippen LogP contribution < -0.4 is 10.6 Å². The van der Waals surface area contributed by atoms with Gasteiger partial charge in [-0.05, 0) is 59.5 Å². The molecule has 0 saturated carbocycles. The molecular formula is C16H28FN3. The molecule has 0 radical (unpaired) electrons. The first-order valence-electron chi connectivity index (χ1n) is 7.38. The van der Waals surface area contributed by atoms with Crippen molar-refractivity contribution in [2.45, 2.75) is 32.7 Å². The zero-order valence-corrected chi connectivity index (χ0v) is 13.2. The van der Waals surface area contributed by atoms with E-state index in [-0.39, 0.29) is 11.9 Å². The van der Waals surface area contributed by atoms with Gasteiger partial charge in [0.2, 0.25) is 0 Å². The molecule has 0 aromatic heterocycles. The lowest BCUT2D eigenvalue weighted by molar-refractivity contribution is 0.400. The van der Waals surface area contributed by atoms with Gasteiger partial charge in [-0.3, -0.25) is 0 Å². The quantitative estimate of drug-likeness (QED) is 0.794. The fourth-order valence-electron chi connectivity index (χ4n) is 2.39. The number of benzene rings is 1. The molecule has 0 bridgehead atoms. The van der Waals surface area contributed by atoms with Crippen LogP contribution >= 0.6 is 0 Å². The first kappa shape index (κ1) is 16.9. The van der Waals surface area contributed by atoms with Gasteiger partial charge in [0.05, 0.1) is 0 Å². The van der Waals surface area contributed by atoms with Crippen molar-refractivity contribution in [3.63, 3.8) is 0 Å². The van der Waals surface area contributed by atoms with Crippen LogP contribution in [0.1, 0.15) is 25.8 Å². The summed E-state index contributed by atoms with van der Waals surface area (Å²) >= 11 is 0. The van der Waals surface area contributed by atoms with Gasteiger partial charge in [0.1, 0.15) is 5.82 Å². The molecule has 1 unspecified atom stereocenters. The molecule has 2 N–H and O–H groups in total. The molecule has 1 rings (SSSR count). The number of halogens is 1. The standard InChI is InChI=1S/C16H28FN3/c1-5-20(11-7-10-19(3)4)16-9-6-8-15(17)14(16)12-13(2)18/h6,8-9,13H,5,7,10-12,18H2,1-4H3. The second-order valence-corrected chi connectivity index (χ2v) is 5.66. The maximum absolute atomic E-state index is 14.1. The van der Waals surface area contributed by atoms with E-state index in [9.17, 15) is 4.39 Å². The lowest BCUT2D eigenvalue weighted by Gasteiger charge is -2.27. The highest BCUT2D eigenvalue weighted by Gasteiger charge is 2.14. The highest BCUT2D eigenvalue weighted by molar-refractivity contribution is 5.54. The Morgan fingerprint density at radius 1 is 1.25 bits per heavy atom. The van der Waals surface area contributed by atoms with Crippen molar-refractivity contribution in [2.75, 3.05) is 38.6 Å². The number of hydrogen-bond donors (Lipinski definition) is 1. The summed E-state index contributed by atoms with van der Waals surface area (Å²) in [6.45, 7) is 6.87. The summed E-state index contributed by atoms with van der Waals surface area (Å²) in [6, 6.07) is 5.27. The van der Waals surface area contributed by atoms with Crippen LogP contribution in [-0.2, 0) is 6.42 Å². The van der Waals surface area contributed by atoms with E-state index in [1.165, 1.54) is 6.07 Å². The molecule has 114 valence electrons. The molecule has 1 atom stereocenters. The Morgan fingerprint density at radius 3 is 2.50 bits per heavy atom. The van der Waals surface area contributed by atoms with Crippen molar-refractivity contribution in [1.29, 1.82) is 0 Å². The van der Waals surface area contributed by atoms with Gasteiger partial charge in [-0.2, -0.15) is 0 Å². The Labute approximate surface area is 122 Å². The van der Waals surface area contributed by atoms with E-state index in [2.05, 4.69) is 30.8 Å². The van der Waals surface area contributed by atoms with E-state index in [1.54, 1.807) is 6.07 Å². The van der Waals surface area contributed by atoms with Crippen molar-refractivity contribution >= 4 is 5.69 Å². The van der Waals surface area contributed by atoms with Crippen LogP contribution in [0.25, 0.3) is 0 Å². The van der Waals surface area contributed by atoms with Crippen molar-refractivity contribution in [3.8, 4) is 0 Å². The summed E-state index contributed by atoms with van der Waals surface area (Å²) in [6.07, 6.45) is 1.64. The fourth-order valence-corrected chi connectivity index (χ4v) is 2.39. The minimum absolute atomic E-state index is 0.0360. The average molecular weight is 281 g/mol. The number of hydrogen-bond acceptors (Lipinski definition) is 3. The normalized spacial score (nSPS) is 12.8. The smallest absolute Gasteiger partial charge is 0.128 e. The zero-order chi connectivity index (χ0) is 15.1. The minimum atomic E-state index is -0.147. The van der Waals surface area contributed by atoms with Gasteiger partial charge in [-0.25, -0.2) is 4.39 Å². The van der Waals surface area contributed by atoms with Crippen LogP contribution in [-0.4, -0.2) is 44.7 Å². The largest absolute Gasteiger partial charge is 0.371 e. The van der Waals surface area contributed by atoms with Crippen LogP contribution in [0.3, 0.4) is 0 Å². The zero-order valence-electron chi connectivity index (χ0n) is 13.2. The van der Waals surface area contributed by atoms with E-state index in [0.29, 0.717) is 6.42 Å². The highest BCUT2D eigenvalue weighted by Crippen LogP contribution is 2.24. The predicted octanol–water partition coefficient (Wildman–Crippen LogP) is 2.49. The SMILES string of the molecule is CCN(CCCN(C)C)c1cccc(F)c1CC(C)N. The summed E-state index contributed by atoms with van der Waals surface area (Å²) < 4.78 is 14.1. The number of rotatable bonds is 8. The molecule has 0 amide bonds. The summed E-state index contributed by atoms with van der Waals surface area (Å²) in [5, 5.41) is 0. The van der Waals surface area contributed by atoms with Crippen LogP contribution in [0.2, 0.25) is 0 Å². The summed E-state index contributed by atoms with van der Waals surface area (Å²) in [5.41, 5.74) is 7.59. The van der Waals surface area contributed by atoms with Gasteiger partial charge in [-0.15, -0.1) is 0 Å². The lowest BCUT2D eigenvalue weighted by Crippen LogP contribution is -2.29. The third-order valence-corrected chi connectivity index (χ3v) is 3.38. The molecule has 1 aromatic carbocycles. The summed E-state index contributed by atoms with van der Waals surface area (Å²) in [7, 11) is 4.14. The summed E-state index contributed by atoms with van der Waals surface area (Å²) in [5.74, 6) is -0.147. The van der Waals surface area contributed by atoms with E-state index in [0.717, 1.165) is 37.3 Å². The number of anilines is 1. The topological polar surface area (TPSA) is 32.5 Å². The third kappa shape index (κ3) is 5.10. The Hall–Kier alpha value is -1.13. The Kier molecular flexibility index (Phi) is 6.96. The average Bonchev–Trinajstić information content (AvgIpc) is 2.37. The number of nitrogens with two attached hydrogens (primary N) is 1. The molecule has 1 aromatic rings. The molecule has 0 fully saturated rings. The molecule has 0 heterocycles. The minimum Gasteiger partial charge on any atom is -0.371 e. The Balaban J connectivity index is 2.87. The fraction of sp³-hybridized carbons (Fsp3) is 0.625. The van der Waals surface area contributed by atoms with E-state index >= 15 is 0 Å². The molecule has 0 aliphatic rings. The molecule has 3 nitrogen and oxygen atoms in total. The van der Waals surface area contributed by atoms with Gasteiger partial charge < -0.3 is 15.5 Å². The van der Waals surface area contributed by atoms with Crippen LogP contribution in [0.5, 0.6) is 0 Å². The number of nitrogens with zero attached hydrogens (tertiary/aromatic N) is 2. The van der Waals surface area contributed by atoms with Crippen molar-refractivity contribution in [1.82, 2.24) is 4.90 Å². The summed E-state index contributed by atoms with van der Waals surface area (Å²) in [4.78, 5) is 4.41. The maximum Gasteiger partial charge on any atom is 0.128 e. The molecule has 0 aliphatic carbocycles. The van der Waals surface area contributed by atoms with Gasteiger partial charge in [-0.1, -0.05) is 6.07 Å². The third-order valence-electron chi connectivity index (χ3n) is 3.38. The second kappa shape index (κ2) is 8.22. The van der Waals surface area contributed by atoms with E-state index in [4.69, 9.17) is 5.73 Å². The van der Waals surface area contributed by atoms with Gasteiger partial charge >= 0.3 is 0 Å². The second-order valence-electron chi connectivity index (χ2n) is 5.66. The lowest BCUT2D eigenvalue weighted by atomic mass is 10.0. The molecular weight excluding hydrogens is 253 g/mol. The van der Waals surface area contributed by atoms with Crippen molar-refractivity contribution < 1.29 is 4.39 Å². The first-order valence-corrected chi connectivity index (χ1v) is 7.38. The van der Waals surface area contributed by atoms with Crippen molar-refractivity contribution in [3.05, 3.63) is 29.6 Å². The Morgan fingerprint density at radius 2 is 1.95 bits per heavy atom. The van der Waals surface area contributed by atoms with E-state index in [1.807, 2.05) is 13.0 Å².